The van der Waals surface area contributed by atoms with E-state index in [1.165, 1.54) is 34.6 Å². The fourth-order valence-electron chi connectivity index (χ4n) is 3.46. The number of carbonyl (C=O) groups is 1. The largest absolute Gasteiger partial charge is 0.416 e. The summed E-state index contributed by atoms with van der Waals surface area (Å²) in [5.74, 6) is -0.816. The molecule has 0 spiro atoms. The van der Waals surface area contributed by atoms with Crippen molar-refractivity contribution in [3.05, 3.63) is 81.8 Å². The van der Waals surface area contributed by atoms with E-state index in [2.05, 4.69) is 5.32 Å². The molecule has 0 radical (unpaired) electrons. The first-order valence-corrected chi connectivity index (χ1v) is 14.9. The summed E-state index contributed by atoms with van der Waals surface area (Å²) in [6.07, 6.45) is -4.73. The molecule has 8 nitrogen and oxygen atoms in total. The van der Waals surface area contributed by atoms with Crippen LogP contribution in [0, 0.1) is 0 Å². The molecule has 1 amide bonds. The molecule has 0 fully saturated rings. The Morgan fingerprint density at radius 1 is 0.846 bits per heavy atom. The molecule has 0 aliphatic rings. The van der Waals surface area contributed by atoms with Gasteiger partial charge in [0.2, 0.25) is 10.0 Å². The van der Waals surface area contributed by atoms with Gasteiger partial charge in [0, 0.05) is 18.7 Å². The molecule has 3 aromatic carbocycles. The molecule has 0 unspecified atom stereocenters. The van der Waals surface area contributed by atoms with Gasteiger partial charge in [0.25, 0.3) is 15.9 Å². The van der Waals surface area contributed by atoms with Crippen LogP contribution < -0.4 is 10.0 Å². The lowest BCUT2D eigenvalue weighted by atomic mass is 10.2. The van der Waals surface area contributed by atoms with Crippen LogP contribution in [0.25, 0.3) is 0 Å². The third kappa shape index (κ3) is 7.03. The minimum absolute atomic E-state index is 0.0305. The second-order valence-corrected chi connectivity index (χ2v) is 12.4. The molecule has 3 rings (SSSR count). The summed E-state index contributed by atoms with van der Waals surface area (Å²) in [4.78, 5) is 12.4. The van der Waals surface area contributed by atoms with Crippen molar-refractivity contribution in [2.75, 3.05) is 23.1 Å². The molecule has 15 heteroatoms. The van der Waals surface area contributed by atoms with E-state index in [1.807, 2.05) is 4.72 Å². The van der Waals surface area contributed by atoms with Crippen molar-refractivity contribution >= 4 is 60.5 Å². The van der Waals surface area contributed by atoms with Gasteiger partial charge in [0.1, 0.15) is 0 Å². The van der Waals surface area contributed by atoms with Crippen LogP contribution in [0.3, 0.4) is 0 Å². The van der Waals surface area contributed by atoms with Crippen LogP contribution in [-0.4, -0.2) is 40.1 Å². The van der Waals surface area contributed by atoms with Gasteiger partial charge in [0.05, 0.1) is 36.8 Å². The van der Waals surface area contributed by atoms with Gasteiger partial charge < -0.3 is 5.32 Å². The summed E-state index contributed by atoms with van der Waals surface area (Å²) in [5, 5.41) is 2.23. The number of amides is 1. The Hall–Kier alpha value is -2.84. The lowest BCUT2D eigenvalue weighted by molar-refractivity contribution is -0.137. The van der Waals surface area contributed by atoms with E-state index in [4.69, 9.17) is 23.2 Å². The second kappa shape index (κ2) is 11.7. The summed E-state index contributed by atoms with van der Waals surface area (Å²) in [6, 6.07) is 10.6. The number of anilines is 2. The third-order valence-electron chi connectivity index (χ3n) is 5.47. The number of alkyl halides is 3. The molecular formula is C24H22Cl2F3N3O5S2. The molecule has 2 N–H and O–H groups in total. The maximum absolute atomic E-state index is 13.1. The van der Waals surface area contributed by atoms with E-state index in [0.29, 0.717) is 12.1 Å². The lowest BCUT2D eigenvalue weighted by Gasteiger charge is -2.19. The predicted molar refractivity (Wildman–Crippen MR) is 143 cm³/mol. The molecule has 210 valence electrons. The maximum atomic E-state index is 13.1. The number of hydrogen-bond acceptors (Lipinski definition) is 5. The second-order valence-electron chi connectivity index (χ2n) is 8.01. The summed E-state index contributed by atoms with van der Waals surface area (Å²) in [5.41, 5.74) is -1.79. The van der Waals surface area contributed by atoms with E-state index >= 15 is 0 Å². The predicted octanol–water partition coefficient (Wildman–Crippen LogP) is 6.10. The standard InChI is InChI=1S/C24H22Cl2F3N3O5S2/c1-3-32(4-2)39(36,37)18-9-11-19(25)21(14-18)30-23(33)15-6-5-7-17(12-15)38(34,35)31-22-13-16(24(27,28)29)8-10-20(22)26/h5-14,31H,3-4H2,1-2H3,(H,30,33). The van der Waals surface area contributed by atoms with Crippen molar-refractivity contribution in [2.45, 2.75) is 29.8 Å². The molecule has 0 aliphatic carbocycles. The number of benzene rings is 3. The van der Waals surface area contributed by atoms with Gasteiger partial charge in [-0.3, -0.25) is 9.52 Å². The van der Waals surface area contributed by atoms with E-state index in [9.17, 15) is 34.8 Å². The van der Waals surface area contributed by atoms with E-state index in [1.54, 1.807) is 13.8 Å². The minimum atomic E-state index is -4.73. The van der Waals surface area contributed by atoms with E-state index in [0.717, 1.165) is 18.2 Å². The van der Waals surface area contributed by atoms with Crippen molar-refractivity contribution < 1.29 is 34.8 Å². The number of hydrogen-bond donors (Lipinski definition) is 2. The van der Waals surface area contributed by atoms with Crippen LogP contribution in [0.2, 0.25) is 10.0 Å². The van der Waals surface area contributed by atoms with Gasteiger partial charge in [-0.15, -0.1) is 0 Å². The van der Waals surface area contributed by atoms with Gasteiger partial charge >= 0.3 is 6.18 Å². The van der Waals surface area contributed by atoms with Crippen molar-refractivity contribution in [2.24, 2.45) is 0 Å². The lowest BCUT2D eigenvalue weighted by Crippen LogP contribution is -2.30. The first kappa shape index (κ1) is 30.7. The first-order valence-electron chi connectivity index (χ1n) is 11.2. The molecule has 0 aliphatic heterocycles. The van der Waals surface area contributed by atoms with E-state index in [-0.39, 0.29) is 39.3 Å². The highest BCUT2D eigenvalue weighted by molar-refractivity contribution is 7.92. The molecule has 0 saturated heterocycles. The summed E-state index contributed by atoms with van der Waals surface area (Å²) >= 11 is 12.1. The highest BCUT2D eigenvalue weighted by Gasteiger charge is 2.31. The van der Waals surface area contributed by atoms with Crippen molar-refractivity contribution in [3.8, 4) is 0 Å². The minimum Gasteiger partial charge on any atom is -0.321 e. The number of halogens is 5. The van der Waals surface area contributed by atoms with Gasteiger partial charge in [-0.1, -0.05) is 43.1 Å². The average Bonchev–Trinajstić information content (AvgIpc) is 2.86. The monoisotopic (exact) mass is 623 g/mol. The summed E-state index contributed by atoms with van der Waals surface area (Å²) in [7, 11) is -8.33. The maximum Gasteiger partial charge on any atom is 0.416 e. The molecule has 0 aromatic heterocycles. The van der Waals surface area contributed by atoms with Crippen molar-refractivity contribution in [1.82, 2.24) is 4.31 Å². The number of nitrogens with zero attached hydrogens (tertiary/aromatic N) is 1. The molecule has 0 atom stereocenters. The summed E-state index contributed by atoms with van der Waals surface area (Å²) in [6.45, 7) is 3.81. The zero-order valence-electron chi connectivity index (χ0n) is 20.4. The van der Waals surface area contributed by atoms with Gasteiger partial charge in [-0.2, -0.15) is 17.5 Å². The van der Waals surface area contributed by atoms with Crippen LogP contribution in [0.1, 0.15) is 29.8 Å². The Morgan fingerprint density at radius 2 is 1.46 bits per heavy atom. The van der Waals surface area contributed by atoms with Crippen LogP contribution in [-0.2, 0) is 26.2 Å². The van der Waals surface area contributed by atoms with Crippen molar-refractivity contribution in [3.63, 3.8) is 0 Å². The number of sulfonamides is 2. The van der Waals surface area contributed by atoms with Crippen LogP contribution in [0.5, 0.6) is 0 Å². The SMILES string of the molecule is CCN(CC)S(=O)(=O)c1ccc(Cl)c(NC(=O)c2cccc(S(=O)(=O)Nc3cc(C(F)(F)F)ccc3Cl)c2)c1. The fraction of sp³-hybridized carbons (Fsp3) is 0.208. The Morgan fingerprint density at radius 3 is 2.08 bits per heavy atom. The summed E-state index contributed by atoms with van der Waals surface area (Å²) < 4.78 is 93.9. The van der Waals surface area contributed by atoms with Crippen LogP contribution in [0.15, 0.2) is 70.5 Å². The molecule has 3 aromatic rings. The first-order chi connectivity index (χ1) is 18.1. The Bertz CT molecular complexity index is 1610. The third-order valence-corrected chi connectivity index (χ3v) is 9.54. The molecule has 39 heavy (non-hydrogen) atoms. The normalized spacial score (nSPS) is 12.4. The molecular weight excluding hydrogens is 602 g/mol. The number of nitrogens with one attached hydrogen (secondary N) is 2. The Labute approximate surface area is 233 Å². The molecule has 0 bridgehead atoms. The van der Waals surface area contributed by atoms with Gasteiger partial charge in [-0.25, -0.2) is 16.8 Å². The van der Waals surface area contributed by atoms with Gasteiger partial charge in [-0.05, 0) is 54.6 Å². The van der Waals surface area contributed by atoms with Crippen LogP contribution >= 0.6 is 23.2 Å². The van der Waals surface area contributed by atoms with Crippen LogP contribution in [0.4, 0.5) is 24.5 Å². The average molecular weight is 624 g/mol. The van der Waals surface area contributed by atoms with E-state index < -0.39 is 48.3 Å². The van der Waals surface area contributed by atoms with Crippen molar-refractivity contribution in [1.29, 1.82) is 0 Å². The highest BCUT2D eigenvalue weighted by Crippen LogP contribution is 2.35. The zero-order chi connectivity index (χ0) is 29.2. The Kier molecular flexibility index (Phi) is 9.23. The number of carbonyl (C=O) groups excluding carboxylic acids is 1. The highest BCUT2D eigenvalue weighted by atomic mass is 35.5. The van der Waals surface area contributed by atoms with Gasteiger partial charge in [0.15, 0.2) is 0 Å². The Balaban J connectivity index is 1.89. The zero-order valence-corrected chi connectivity index (χ0v) is 23.5. The smallest absolute Gasteiger partial charge is 0.321 e. The fourth-order valence-corrected chi connectivity index (χ4v) is 6.44. The molecule has 0 heterocycles. The molecule has 0 saturated carbocycles. The number of rotatable bonds is 9. The quantitative estimate of drug-likeness (QED) is 0.299. The topological polar surface area (TPSA) is 113 Å².